The van der Waals surface area contributed by atoms with E-state index in [0.717, 1.165) is 12.1 Å². The standard InChI is InChI=1S/C15H23N5O.ClH/c1-10(2)7-15(4,9-16)19-14(21)12-8-17-20-6-5-11(3)18-13(12)20;/h5-6,8,10H,7,9,16H2,1-4H3,(H,19,21);1H. The molecule has 0 spiro atoms. The molecule has 0 fully saturated rings. The van der Waals surface area contributed by atoms with Gasteiger partial charge in [-0.3, -0.25) is 4.79 Å². The highest BCUT2D eigenvalue weighted by Gasteiger charge is 2.27. The molecule has 1 atom stereocenters. The summed E-state index contributed by atoms with van der Waals surface area (Å²) < 4.78 is 1.60. The summed E-state index contributed by atoms with van der Waals surface area (Å²) in [5.41, 5.74) is 7.30. The lowest BCUT2D eigenvalue weighted by molar-refractivity contribution is 0.0900. The average Bonchev–Trinajstić information content (AvgIpc) is 2.80. The maximum absolute atomic E-state index is 12.5. The average molecular weight is 326 g/mol. The molecule has 0 aliphatic rings. The molecular weight excluding hydrogens is 302 g/mol. The van der Waals surface area contributed by atoms with Crippen LogP contribution in [-0.2, 0) is 0 Å². The summed E-state index contributed by atoms with van der Waals surface area (Å²) in [4.78, 5) is 16.9. The van der Waals surface area contributed by atoms with E-state index in [2.05, 4.69) is 29.2 Å². The summed E-state index contributed by atoms with van der Waals surface area (Å²) >= 11 is 0. The predicted molar refractivity (Wildman–Crippen MR) is 89.4 cm³/mol. The van der Waals surface area contributed by atoms with Crippen LogP contribution in [-0.4, -0.2) is 32.6 Å². The van der Waals surface area contributed by atoms with Gasteiger partial charge in [-0.15, -0.1) is 12.4 Å². The van der Waals surface area contributed by atoms with Gasteiger partial charge in [0.15, 0.2) is 5.65 Å². The number of aromatic nitrogens is 3. The first kappa shape index (κ1) is 18.4. The third-order valence-corrected chi connectivity index (χ3v) is 3.48. The quantitative estimate of drug-likeness (QED) is 0.880. The Labute approximate surface area is 136 Å². The molecule has 22 heavy (non-hydrogen) atoms. The van der Waals surface area contributed by atoms with Crippen LogP contribution in [0.4, 0.5) is 0 Å². The Morgan fingerprint density at radius 2 is 2.18 bits per heavy atom. The maximum atomic E-state index is 12.5. The molecule has 2 aromatic rings. The van der Waals surface area contributed by atoms with Crippen molar-refractivity contribution in [1.29, 1.82) is 0 Å². The normalized spacial score (nSPS) is 13.7. The molecule has 2 aromatic heterocycles. The van der Waals surface area contributed by atoms with Crippen molar-refractivity contribution < 1.29 is 4.79 Å². The van der Waals surface area contributed by atoms with Gasteiger partial charge in [-0.05, 0) is 32.3 Å². The summed E-state index contributed by atoms with van der Waals surface area (Å²) in [6.07, 6.45) is 4.16. The minimum Gasteiger partial charge on any atom is -0.345 e. The number of nitrogens with one attached hydrogen (secondary N) is 1. The number of aryl methyl sites for hydroxylation is 1. The zero-order chi connectivity index (χ0) is 15.6. The van der Waals surface area contributed by atoms with Gasteiger partial charge in [0, 0.05) is 24.0 Å². The SMILES string of the molecule is Cc1ccn2ncc(C(=O)NC(C)(CN)CC(C)C)c2n1.Cl. The molecule has 0 bridgehead atoms. The number of hydrogen-bond donors (Lipinski definition) is 2. The number of carbonyl (C=O) groups is 1. The van der Waals surface area contributed by atoms with E-state index in [9.17, 15) is 4.79 Å². The third kappa shape index (κ3) is 3.96. The number of halogens is 1. The van der Waals surface area contributed by atoms with Gasteiger partial charge in [-0.25, -0.2) is 9.50 Å². The van der Waals surface area contributed by atoms with E-state index in [-0.39, 0.29) is 18.3 Å². The molecule has 1 amide bonds. The summed E-state index contributed by atoms with van der Waals surface area (Å²) in [7, 11) is 0. The van der Waals surface area contributed by atoms with Crippen LogP contribution in [0.1, 0.15) is 43.2 Å². The van der Waals surface area contributed by atoms with Gasteiger partial charge in [0.1, 0.15) is 5.56 Å². The van der Waals surface area contributed by atoms with Crippen molar-refractivity contribution in [1.82, 2.24) is 19.9 Å². The molecule has 0 aromatic carbocycles. The van der Waals surface area contributed by atoms with E-state index in [1.54, 1.807) is 16.9 Å². The number of nitrogens with two attached hydrogens (primary N) is 1. The molecule has 0 saturated heterocycles. The Kier molecular flexibility index (Phi) is 5.91. The Hall–Kier alpha value is -1.66. The number of carbonyl (C=O) groups excluding carboxylic acids is 1. The van der Waals surface area contributed by atoms with Crippen molar-refractivity contribution in [3.8, 4) is 0 Å². The van der Waals surface area contributed by atoms with E-state index < -0.39 is 5.54 Å². The van der Waals surface area contributed by atoms with Crippen molar-refractivity contribution in [2.75, 3.05) is 6.54 Å². The van der Waals surface area contributed by atoms with Gasteiger partial charge in [0.25, 0.3) is 5.91 Å². The van der Waals surface area contributed by atoms with Gasteiger partial charge in [0.2, 0.25) is 0 Å². The summed E-state index contributed by atoms with van der Waals surface area (Å²) in [5, 5.41) is 7.19. The van der Waals surface area contributed by atoms with Crippen LogP contribution in [0.25, 0.3) is 5.65 Å². The lowest BCUT2D eigenvalue weighted by Gasteiger charge is -2.31. The number of amides is 1. The first-order valence-corrected chi connectivity index (χ1v) is 7.18. The van der Waals surface area contributed by atoms with E-state index >= 15 is 0 Å². The molecule has 0 radical (unpaired) electrons. The molecule has 6 nitrogen and oxygen atoms in total. The van der Waals surface area contributed by atoms with Crippen molar-refractivity contribution in [2.24, 2.45) is 11.7 Å². The lowest BCUT2D eigenvalue weighted by atomic mass is 9.90. The lowest BCUT2D eigenvalue weighted by Crippen LogP contribution is -2.52. The highest BCUT2D eigenvalue weighted by atomic mass is 35.5. The van der Waals surface area contributed by atoms with Gasteiger partial charge in [0.05, 0.1) is 6.20 Å². The Morgan fingerprint density at radius 3 is 2.77 bits per heavy atom. The van der Waals surface area contributed by atoms with E-state index in [4.69, 9.17) is 5.73 Å². The maximum Gasteiger partial charge on any atom is 0.257 e. The van der Waals surface area contributed by atoms with Crippen LogP contribution in [0, 0.1) is 12.8 Å². The summed E-state index contributed by atoms with van der Waals surface area (Å²) in [5.74, 6) is 0.264. The minimum absolute atomic E-state index is 0. The van der Waals surface area contributed by atoms with Crippen LogP contribution in [0.5, 0.6) is 0 Å². The van der Waals surface area contributed by atoms with E-state index in [1.165, 1.54) is 0 Å². The Balaban J connectivity index is 0.00000242. The second kappa shape index (κ2) is 7.07. The fraction of sp³-hybridized carbons (Fsp3) is 0.533. The zero-order valence-corrected chi connectivity index (χ0v) is 14.3. The topological polar surface area (TPSA) is 85.3 Å². The smallest absolute Gasteiger partial charge is 0.257 e. The molecular formula is C15H24ClN5O. The van der Waals surface area contributed by atoms with Crippen molar-refractivity contribution >= 4 is 24.0 Å². The van der Waals surface area contributed by atoms with Crippen LogP contribution in [0.15, 0.2) is 18.5 Å². The van der Waals surface area contributed by atoms with E-state index in [1.807, 2.05) is 19.9 Å². The van der Waals surface area contributed by atoms with Crippen LogP contribution in [0.2, 0.25) is 0 Å². The molecule has 0 aliphatic heterocycles. The predicted octanol–water partition coefficient (Wildman–Crippen LogP) is 1.95. The zero-order valence-electron chi connectivity index (χ0n) is 13.5. The molecule has 2 heterocycles. The molecule has 1 unspecified atom stereocenters. The molecule has 7 heteroatoms. The number of fused-ring (bicyclic) bond motifs is 1. The van der Waals surface area contributed by atoms with Crippen LogP contribution < -0.4 is 11.1 Å². The molecule has 0 saturated carbocycles. The number of nitrogens with zero attached hydrogens (tertiary/aromatic N) is 3. The molecule has 0 aliphatic carbocycles. The van der Waals surface area contributed by atoms with E-state index in [0.29, 0.717) is 23.7 Å². The van der Waals surface area contributed by atoms with Crippen molar-refractivity contribution in [2.45, 2.75) is 39.7 Å². The van der Waals surface area contributed by atoms with Gasteiger partial charge in [-0.2, -0.15) is 5.10 Å². The summed E-state index contributed by atoms with van der Waals surface area (Å²) in [6.45, 7) is 8.47. The first-order valence-electron chi connectivity index (χ1n) is 7.18. The molecule has 3 N–H and O–H groups in total. The number of hydrogen-bond acceptors (Lipinski definition) is 4. The third-order valence-electron chi connectivity index (χ3n) is 3.48. The summed E-state index contributed by atoms with van der Waals surface area (Å²) in [6, 6.07) is 1.85. The first-order chi connectivity index (χ1) is 9.84. The minimum atomic E-state index is -0.427. The van der Waals surface area contributed by atoms with Crippen molar-refractivity contribution in [3.63, 3.8) is 0 Å². The molecule has 122 valence electrons. The largest absolute Gasteiger partial charge is 0.345 e. The monoisotopic (exact) mass is 325 g/mol. The highest BCUT2D eigenvalue weighted by Crippen LogP contribution is 2.17. The fourth-order valence-electron chi connectivity index (χ4n) is 2.55. The fourth-order valence-corrected chi connectivity index (χ4v) is 2.55. The second-order valence-corrected chi connectivity index (χ2v) is 6.21. The number of rotatable bonds is 5. The Morgan fingerprint density at radius 1 is 1.50 bits per heavy atom. The highest BCUT2D eigenvalue weighted by molar-refractivity contribution is 6.00. The van der Waals surface area contributed by atoms with Gasteiger partial charge >= 0.3 is 0 Å². The Bertz CT molecular complexity index is 654. The van der Waals surface area contributed by atoms with Crippen LogP contribution in [0.3, 0.4) is 0 Å². The van der Waals surface area contributed by atoms with Gasteiger partial charge < -0.3 is 11.1 Å². The molecule has 2 rings (SSSR count). The van der Waals surface area contributed by atoms with Crippen LogP contribution >= 0.6 is 12.4 Å². The van der Waals surface area contributed by atoms with Crippen molar-refractivity contribution in [3.05, 3.63) is 29.7 Å². The van der Waals surface area contributed by atoms with Gasteiger partial charge in [-0.1, -0.05) is 13.8 Å². The second-order valence-electron chi connectivity index (χ2n) is 6.21.